The summed E-state index contributed by atoms with van der Waals surface area (Å²) in [7, 11) is 0. The van der Waals surface area contributed by atoms with Crippen LogP contribution in [0.4, 0.5) is 0 Å². The Balaban J connectivity index is 2.88. The summed E-state index contributed by atoms with van der Waals surface area (Å²) in [5.41, 5.74) is 0. The molecule has 0 heterocycles. The van der Waals surface area contributed by atoms with Crippen LogP contribution < -0.4 is 5.32 Å². The first kappa shape index (κ1) is 8.96. The lowest BCUT2D eigenvalue weighted by molar-refractivity contribution is 0.493. The zero-order valence-electron chi connectivity index (χ0n) is 6.91. The minimum Gasteiger partial charge on any atom is -0.317 e. The van der Waals surface area contributed by atoms with E-state index in [1.54, 1.807) is 0 Å². The SMILES string of the molecule is CCNCCC(C)CC. The van der Waals surface area contributed by atoms with E-state index in [-0.39, 0.29) is 0 Å². The lowest BCUT2D eigenvalue weighted by Gasteiger charge is -2.06. The molecule has 0 bridgehead atoms. The van der Waals surface area contributed by atoms with Gasteiger partial charge in [-0.05, 0) is 25.4 Å². The highest BCUT2D eigenvalue weighted by Gasteiger charge is 1.95. The molecular formula is C8H19N. The monoisotopic (exact) mass is 129 g/mol. The topological polar surface area (TPSA) is 12.0 Å². The Morgan fingerprint density at radius 3 is 2.44 bits per heavy atom. The van der Waals surface area contributed by atoms with Crippen molar-refractivity contribution in [2.45, 2.75) is 33.6 Å². The van der Waals surface area contributed by atoms with Crippen molar-refractivity contribution >= 4 is 0 Å². The Hall–Kier alpha value is -0.0400. The van der Waals surface area contributed by atoms with Crippen LogP contribution in [0.1, 0.15) is 33.6 Å². The van der Waals surface area contributed by atoms with Crippen LogP contribution >= 0.6 is 0 Å². The van der Waals surface area contributed by atoms with Gasteiger partial charge < -0.3 is 5.32 Å². The van der Waals surface area contributed by atoms with Crippen LogP contribution in [0.2, 0.25) is 0 Å². The average molecular weight is 129 g/mol. The van der Waals surface area contributed by atoms with Crippen molar-refractivity contribution in [3.63, 3.8) is 0 Å². The lowest BCUT2D eigenvalue weighted by Crippen LogP contribution is -2.16. The fourth-order valence-corrected chi connectivity index (χ4v) is 0.729. The molecule has 9 heavy (non-hydrogen) atoms. The minimum atomic E-state index is 0.893. The van der Waals surface area contributed by atoms with Gasteiger partial charge in [-0.1, -0.05) is 27.2 Å². The van der Waals surface area contributed by atoms with Crippen LogP contribution in [0, 0.1) is 5.92 Å². The van der Waals surface area contributed by atoms with Crippen LogP contribution in [-0.2, 0) is 0 Å². The van der Waals surface area contributed by atoms with Gasteiger partial charge >= 0.3 is 0 Å². The van der Waals surface area contributed by atoms with E-state index in [0.717, 1.165) is 12.5 Å². The maximum Gasteiger partial charge on any atom is -0.00465 e. The van der Waals surface area contributed by atoms with Gasteiger partial charge in [-0.3, -0.25) is 0 Å². The Labute approximate surface area is 58.8 Å². The van der Waals surface area contributed by atoms with Gasteiger partial charge in [0.25, 0.3) is 0 Å². The fraction of sp³-hybridized carbons (Fsp3) is 1.00. The Morgan fingerprint density at radius 1 is 1.33 bits per heavy atom. The number of nitrogens with one attached hydrogen (secondary N) is 1. The van der Waals surface area contributed by atoms with Gasteiger partial charge in [0.15, 0.2) is 0 Å². The van der Waals surface area contributed by atoms with Gasteiger partial charge in [0.05, 0.1) is 0 Å². The normalized spacial score (nSPS) is 13.7. The summed E-state index contributed by atoms with van der Waals surface area (Å²) >= 11 is 0. The standard InChI is InChI=1S/C8H19N/c1-4-8(3)6-7-9-5-2/h8-9H,4-7H2,1-3H3. The summed E-state index contributed by atoms with van der Waals surface area (Å²) in [5.74, 6) is 0.893. The summed E-state index contributed by atoms with van der Waals surface area (Å²) < 4.78 is 0. The second-order valence-corrected chi connectivity index (χ2v) is 2.66. The molecule has 56 valence electrons. The summed E-state index contributed by atoms with van der Waals surface area (Å²) in [6.07, 6.45) is 2.63. The fourth-order valence-electron chi connectivity index (χ4n) is 0.729. The molecule has 0 saturated heterocycles. The van der Waals surface area contributed by atoms with E-state index in [1.165, 1.54) is 19.4 Å². The van der Waals surface area contributed by atoms with Crippen molar-refractivity contribution in [2.24, 2.45) is 5.92 Å². The highest BCUT2D eigenvalue weighted by atomic mass is 14.8. The number of hydrogen-bond donors (Lipinski definition) is 1. The largest absolute Gasteiger partial charge is 0.317 e. The zero-order valence-corrected chi connectivity index (χ0v) is 6.91. The molecule has 1 heteroatoms. The van der Waals surface area contributed by atoms with Crippen LogP contribution in [0.25, 0.3) is 0 Å². The third-order valence-corrected chi connectivity index (χ3v) is 1.76. The number of hydrogen-bond acceptors (Lipinski definition) is 1. The van der Waals surface area contributed by atoms with Crippen LogP contribution in [0.3, 0.4) is 0 Å². The van der Waals surface area contributed by atoms with E-state index in [2.05, 4.69) is 26.1 Å². The van der Waals surface area contributed by atoms with Gasteiger partial charge in [-0.2, -0.15) is 0 Å². The van der Waals surface area contributed by atoms with Gasteiger partial charge in [0.1, 0.15) is 0 Å². The predicted octanol–water partition coefficient (Wildman–Crippen LogP) is 2.03. The van der Waals surface area contributed by atoms with Crippen LogP contribution in [0.15, 0.2) is 0 Å². The van der Waals surface area contributed by atoms with Crippen molar-refractivity contribution in [1.82, 2.24) is 5.32 Å². The second kappa shape index (κ2) is 6.09. The smallest absolute Gasteiger partial charge is 0.00465 e. The summed E-state index contributed by atoms with van der Waals surface area (Å²) in [5, 5.41) is 3.31. The molecule has 0 aromatic heterocycles. The first-order chi connectivity index (χ1) is 4.31. The lowest BCUT2D eigenvalue weighted by atomic mass is 10.1. The molecule has 0 aliphatic heterocycles. The molecule has 1 unspecified atom stereocenters. The molecule has 0 aliphatic rings. The van der Waals surface area contributed by atoms with Gasteiger partial charge in [-0.15, -0.1) is 0 Å². The van der Waals surface area contributed by atoms with Crippen LogP contribution in [-0.4, -0.2) is 13.1 Å². The van der Waals surface area contributed by atoms with Gasteiger partial charge in [-0.25, -0.2) is 0 Å². The zero-order chi connectivity index (χ0) is 7.11. The highest BCUT2D eigenvalue weighted by Crippen LogP contribution is 2.03. The first-order valence-corrected chi connectivity index (χ1v) is 4.02. The highest BCUT2D eigenvalue weighted by molar-refractivity contribution is 4.51. The summed E-state index contributed by atoms with van der Waals surface area (Å²) in [6.45, 7) is 8.99. The third kappa shape index (κ3) is 5.84. The molecule has 0 spiro atoms. The van der Waals surface area contributed by atoms with E-state index in [0.29, 0.717) is 0 Å². The molecular weight excluding hydrogens is 110 g/mol. The van der Waals surface area contributed by atoms with E-state index in [9.17, 15) is 0 Å². The molecule has 0 fully saturated rings. The molecule has 0 radical (unpaired) electrons. The molecule has 0 amide bonds. The Kier molecular flexibility index (Phi) is 6.06. The van der Waals surface area contributed by atoms with Gasteiger partial charge in [0.2, 0.25) is 0 Å². The quantitative estimate of drug-likeness (QED) is 0.560. The molecule has 0 aromatic rings. The second-order valence-electron chi connectivity index (χ2n) is 2.66. The van der Waals surface area contributed by atoms with Gasteiger partial charge in [0, 0.05) is 0 Å². The maximum atomic E-state index is 3.31. The van der Waals surface area contributed by atoms with Crippen LogP contribution in [0.5, 0.6) is 0 Å². The molecule has 0 aliphatic carbocycles. The van der Waals surface area contributed by atoms with E-state index < -0.39 is 0 Å². The van der Waals surface area contributed by atoms with E-state index >= 15 is 0 Å². The summed E-state index contributed by atoms with van der Waals surface area (Å²) in [6, 6.07) is 0. The Morgan fingerprint density at radius 2 is 2.00 bits per heavy atom. The van der Waals surface area contributed by atoms with E-state index in [4.69, 9.17) is 0 Å². The molecule has 0 saturated carbocycles. The molecule has 0 rings (SSSR count). The molecule has 1 nitrogen and oxygen atoms in total. The van der Waals surface area contributed by atoms with Crippen molar-refractivity contribution in [2.75, 3.05) is 13.1 Å². The average Bonchev–Trinajstić information content (AvgIpc) is 1.89. The Bertz CT molecular complexity index is 52.5. The molecule has 0 aromatic carbocycles. The van der Waals surface area contributed by atoms with Crippen molar-refractivity contribution in [1.29, 1.82) is 0 Å². The predicted molar refractivity (Wildman–Crippen MR) is 42.6 cm³/mol. The summed E-state index contributed by atoms with van der Waals surface area (Å²) in [4.78, 5) is 0. The van der Waals surface area contributed by atoms with Crippen molar-refractivity contribution < 1.29 is 0 Å². The minimum absolute atomic E-state index is 0.893. The molecule has 1 atom stereocenters. The van der Waals surface area contributed by atoms with Crippen molar-refractivity contribution in [3.8, 4) is 0 Å². The third-order valence-electron chi connectivity index (χ3n) is 1.76. The first-order valence-electron chi connectivity index (χ1n) is 4.02. The molecule has 1 N–H and O–H groups in total. The van der Waals surface area contributed by atoms with E-state index in [1.807, 2.05) is 0 Å². The maximum absolute atomic E-state index is 3.31. The number of rotatable bonds is 5. The van der Waals surface area contributed by atoms with Crippen molar-refractivity contribution in [3.05, 3.63) is 0 Å².